The van der Waals surface area contributed by atoms with Crippen LogP contribution in [0.15, 0.2) is 60.0 Å². The van der Waals surface area contributed by atoms with Gasteiger partial charge in [-0.25, -0.2) is 4.98 Å². The highest BCUT2D eigenvalue weighted by atomic mass is 32.1. The summed E-state index contributed by atoms with van der Waals surface area (Å²) in [6, 6.07) is 17.0. The molecule has 0 aliphatic heterocycles. The van der Waals surface area contributed by atoms with E-state index in [4.69, 9.17) is 0 Å². The molecule has 0 saturated carbocycles. The topological polar surface area (TPSA) is 100 Å². The lowest BCUT2D eigenvalue weighted by Crippen LogP contribution is -2.27. The van der Waals surface area contributed by atoms with Gasteiger partial charge in [-0.15, -0.1) is 11.3 Å². The molecule has 0 spiro atoms. The number of anilines is 1. The number of benzene rings is 2. The summed E-state index contributed by atoms with van der Waals surface area (Å²) >= 11 is 1.36. The first-order chi connectivity index (χ1) is 15.5. The number of nitrogens with one attached hydrogen (secondary N) is 3. The highest BCUT2D eigenvalue weighted by Crippen LogP contribution is 2.25. The first-order valence-electron chi connectivity index (χ1n) is 10.4. The van der Waals surface area contributed by atoms with E-state index >= 15 is 0 Å². The van der Waals surface area contributed by atoms with Crippen LogP contribution in [-0.4, -0.2) is 35.8 Å². The molecule has 3 amide bonds. The third-order valence-corrected chi connectivity index (χ3v) is 5.45. The van der Waals surface area contributed by atoms with Crippen LogP contribution in [0.2, 0.25) is 0 Å². The zero-order chi connectivity index (χ0) is 22.8. The number of aromatic nitrogens is 1. The largest absolute Gasteiger partial charge is 0.356 e. The van der Waals surface area contributed by atoms with Crippen molar-refractivity contribution in [2.45, 2.75) is 26.2 Å². The van der Waals surface area contributed by atoms with E-state index in [-0.39, 0.29) is 30.7 Å². The van der Waals surface area contributed by atoms with E-state index in [0.29, 0.717) is 17.2 Å². The summed E-state index contributed by atoms with van der Waals surface area (Å²) < 4.78 is 0. The lowest BCUT2D eigenvalue weighted by molar-refractivity contribution is -0.119. The number of hydrogen-bond donors (Lipinski definition) is 3. The Kier molecular flexibility index (Phi) is 8.51. The minimum atomic E-state index is -0.200. The molecule has 2 aromatic carbocycles. The molecule has 0 fully saturated rings. The van der Waals surface area contributed by atoms with Crippen molar-refractivity contribution in [1.29, 1.82) is 0 Å². The summed E-state index contributed by atoms with van der Waals surface area (Å²) in [5.41, 5.74) is 3.53. The predicted octanol–water partition coefficient (Wildman–Crippen LogP) is 3.64. The van der Waals surface area contributed by atoms with E-state index in [0.717, 1.165) is 24.1 Å². The molecule has 0 unspecified atom stereocenters. The number of nitrogens with zero attached hydrogens (tertiary/aromatic N) is 1. The molecule has 8 heteroatoms. The number of rotatable bonds is 10. The van der Waals surface area contributed by atoms with Gasteiger partial charge >= 0.3 is 0 Å². The van der Waals surface area contributed by atoms with Crippen LogP contribution < -0.4 is 16.0 Å². The Morgan fingerprint density at radius 2 is 1.69 bits per heavy atom. The summed E-state index contributed by atoms with van der Waals surface area (Å²) in [4.78, 5) is 39.6. The van der Waals surface area contributed by atoms with Crippen molar-refractivity contribution < 1.29 is 14.4 Å². The highest BCUT2D eigenvalue weighted by molar-refractivity contribution is 7.14. The predicted molar refractivity (Wildman–Crippen MR) is 127 cm³/mol. The second-order valence-electron chi connectivity index (χ2n) is 7.24. The van der Waals surface area contributed by atoms with Gasteiger partial charge in [-0.1, -0.05) is 42.5 Å². The molecule has 1 heterocycles. The monoisotopic (exact) mass is 450 g/mol. The van der Waals surface area contributed by atoms with E-state index in [1.165, 1.54) is 23.8 Å². The van der Waals surface area contributed by atoms with Crippen LogP contribution in [0.5, 0.6) is 0 Å². The smallest absolute Gasteiger partial charge is 0.251 e. The van der Waals surface area contributed by atoms with Crippen LogP contribution in [0.3, 0.4) is 0 Å². The average Bonchev–Trinajstić information content (AvgIpc) is 3.26. The van der Waals surface area contributed by atoms with Crippen LogP contribution in [0, 0.1) is 0 Å². The molecule has 0 radical (unpaired) electrons. The molecule has 0 atom stereocenters. The quantitative estimate of drug-likeness (QED) is 0.411. The van der Waals surface area contributed by atoms with E-state index in [1.54, 1.807) is 24.3 Å². The summed E-state index contributed by atoms with van der Waals surface area (Å²) in [6.07, 6.45) is 1.94. The van der Waals surface area contributed by atoms with Crippen molar-refractivity contribution in [3.63, 3.8) is 0 Å². The zero-order valence-electron chi connectivity index (χ0n) is 17.9. The lowest BCUT2D eigenvalue weighted by atomic mass is 10.1. The van der Waals surface area contributed by atoms with Gasteiger partial charge in [-0.3, -0.25) is 14.4 Å². The van der Waals surface area contributed by atoms with Crippen molar-refractivity contribution in [1.82, 2.24) is 15.6 Å². The van der Waals surface area contributed by atoms with Crippen LogP contribution in [0.1, 0.15) is 35.7 Å². The van der Waals surface area contributed by atoms with Gasteiger partial charge in [0.05, 0.1) is 5.69 Å². The molecular weight excluding hydrogens is 424 g/mol. The molecule has 32 heavy (non-hydrogen) atoms. The second-order valence-corrected chi connectivity index (χ2v) is 8.10. The van der Waals surface area contributed by atoms with Gasteiger partial charge < -0.3 is 16.0 Å². The van der Waals surface area contributed by atoms with Crippen molar-refractivity contribution >= 4 is 34.2 Å². The zero-order valence-corrected chi connectivity index (χ0v) is 18.7. The minimum Gasteiger partial charge on any atom is -0.356 e. The third-order valence-electron chi connectivity index (χ3n) is 4.69. The van der Waals surface area contributed by atoms with Gasteiger partial charge in [0.25, 0.3) is 5.91 Å². The molecule has 166 valence electrons. The van der Waals surface area contributed by atoms with Crippen molar-refractivity contribution in [3.05, 3.63) is 71.1 Å². The van der Waals surface area contributed by atoms with E-state index in [9.17, 15) is 14.4 Å². The number of thiazole rings is 1. The van der Waals surface area contributed by atoms with Gasteiger partial charge in [0.2, 0.25) is 11.8 Å². The average molecular weight is 451 g/mol. The van der Waals surface area contributed by atoms with Crippen molar-refractivity contribution in [2.24, 2.45) is 0 Å². The molecule has 3 rings (SSSR count). The van der Waals surface area contributed by atoms with Gasteiger partial charge in [0, 0.05) is 42.9 Å². The normalized spacial score (nSPS) is 10.4. The minimum absolute atomic E-state index is 0.0105. The van der Waals surface area contributed by atoms with Crippen molar-refractivity contribution in [3.8, 4) is 11.3 Å². The molecule has 0 saturated heterocycles. The van der Waals surface area contributed by atoms with Gasteiger partial charge in [-0.05, 0) is 30.5 Å². The first-order valence-corrected chi connectivity index (χ1v) is 11.3. The van der Waals surface area contributed by atoms with E-state index < -0.39 is 0 Å². The molecule has 1 aromatic heterocycles. The first kappa shape index (κ1) is 23.1. The Hall–Kier alpha value is -3.52. The molecular formula is C24H26N4O3S. The Morgan fingerprint density at radius 3 is 2.41 bits per heavy atom. The maximum absolute atomic E-state index is 12.2. The summed E-state index contributed by atoms with van der Waals surface area (Å²) in [5, 5.41) is 10.7. The maximum Gasteiger partial charge on any atom is 0.251 e. The number of amides is 3. The van der Waals surface area contributed by atoms with Gasteiger partial charge in [0.1, 0.15) is 0 Å². The number of hydrogen-bond acceptors (Lipinski definition) is 5. The Labute approximate surface area is 191 Å². The Bertz CT molecular complexity index is 1050. The fraction of sp³-hybridized carbons (Fsp3) is 0.250. The third kappa shape index (κ3) is 7.31. The summed E-state index contributed by atoms with van der Waals surface area (Å²) in [7, 11) is 0. The van der Waals surface area contributed by atoms with Crippen molar-refractivity contribution in [2.75, 3.05) is 18.4 Å². The van der Waals surface area contributed by atoms with Crippen LogP contribution >= 0.6 is 11.3 Å². The molecule has 3 aromatic rings. The lowest BCUT2D eigenvalue weighted by Gasteiger charge is -2.05. The number of carbonyl (C=O) groups is 3. The van der Waals surface area contributed by atoms with Crippen LogP contribution in [0.4, 0.5) is 5.13 Å². The molecule has 0 bridgehead atoms. The fourth-order valence-electron chi connectivity index (χ4n) is 3.03. The second kappa shape index (κ2) is 11.8. The van der Waals surface area contributed by atoms with Gasteiger partial charge in [0.15, 0.2) is 5.13 Å². The van der Waals surface area contributed by atoms with E-state index in [1.807, 2.05) is 23.6 Å². The van der Waals surface area contributed by atoms with E-state index in [2.05, 4.69) is 33.1 Å². The number of carbonyl (C=O) groups excluding carboxylic acids is 3. The Balaban J connectivity index is 1.43. The highest BCUT2D eigenvalue weighted by Gasteiger charge is 2.10. The standard InChI is InChI=1S/C24H26N4O3S/c1-17(29)25-14-5-6-18-9-11-19(12-10-18)21-16-32-24(27-21)28-22(30)13-15-26-23(31)20-7-3-2-4-8-20/h2-4,7-12,16H,5-6,13-15H2,1H3,(H,25,29)(H,26,31)(H,27,28,30). The summed E-state index contributed by atoms with van der Waals surface area (Å²) in [6.45, 7) is 2.44. The SMILES string of the molecule is CC(=O)NCCCc1ccc(-c2csc(NC(=O)CCNC(=O)c3ccccc3)n2)cc1. The molecule has 0 aliphatic rings. The Morgan fingerprint density at radius 1 is 0.938 bits per heavy atom. The molecule has 0 aliphatic carbocycles. The molecule has 7 nitrogen and oxygen atoms in total. The van der Waals surface area contributed by atoms with Gasteiger partial charge in [-0.2, -0.15) is 0 Å². The summed E-state index contributed by atoms with van der Waals surface area (Å²) in [5.74, 6) is -0.411. The number of aryl methyl sites for hydroxylation is 1. The maximum atomic E-state index is 12.2. The fourth-order valence-corrected chi connectivity index (χ4v) is 3.76. The van der Waals surface area contributed by atoms with Crippen LogP contribution in [0.25, 0.3) is 11.3 Å². The van der Waals surface area contributed by atoms with Crippen LogP contribution in [-0.2, 0) is 16.0 Å². The molecule has 3 N–H and O–H groups in total.